The molecule has 0 fully saturated rings. The van der Waals surface area contributed by atoms with E-state index in [-0.39, 0.29) is 5.82 Å². The van der Waals surface area contributed by atoms with E-state index >= 15 is 0 Å². The third-order valence-electron chi connectivity index (χ3n) is 3.44. The predicted molar refractivity (Wildman–Crippen MR) is 94.5 cm³/mol. The second-order valence-electron chi connectivity index (χ2n) is 5.44. The lowest BCUT2D eigenvalue weighted by Gasteiger charge is -2.10. The van der Waals surface area contributed by atoms with Gasteiger partial charge in [0.2, 0.25) is 5.89 Å². The zero-order valence-electron chi connectivity index (χ0n) is 14.3. The zero-order chi connectivity index (χ0) is 17.2. The number of hydrogen-bond acceptors (Lipinski definition) is 3. The van der Waals surface area contributed by atoms with E-state index in [0.29, 0.717) is 12.4 Å². The number of nitrogens with one attached hydrogen (secondary N) is 2. The van der Waals surface area contributed by atoms with E-state index in [1.165, 1.54) is 12.1 Å². The zero-order valence-corrected chi connectivity index (χ0v) is 14.3. The minimum absolute atomic E-state index is 0.270. The third-order valence-corrected chi connectivity index (χ3v) is 3.44. The summed E-state index contributed by atoms with van der Waals surface area (Å²) in [6.07, 6.45) is 4.58. The van der Waals surface area contributed by atoms with Crippen molar-refractivity contribution < 1.29 is 8.81 Å². The average Bonchev–Trinajstić information content (AvgIpc) is 3.04. The molecular formula is C18H25FN4O. The number of unbranched alkanes of at least 4 members (excludes halogenated alkanes) is 1. The Morgan fingerprint density at radius 2 is 2.00 bits per heavy atom. The number of aromatic nitrogens is 1. The molecule has 0 saturated carbocycles. The van der Waals surface area contributed by atoms with Gasteiger partial charge in [0.05, 0.1) is 5.69 Å². The monoisotopic (exact) mass is 332 g/mol. The van der Waals surface area contributed by atoms with E-state index in [4.69, 9.17) is 4.42 Å². The summed E-state index contributed by atoms with van der Waals surface area (Å²) < 4.78 is 18.4. The van der Waals surface area contributed by atoms with Crippen LogP contribution < -0.4 is 10.6 Å². The van der Waals surface area contributed by atoms with Gasteiger partial charge in [-0.05, 0) is 37.6 Å². The molecule has 0 aliphatic rings. The van der Waals surface area contributed by atoms with Crippen LogP contribution in [0.15, 0.2) is 39.9 Å². The minimum atomic E-state index is -0.270. The number of guanidine groups is 1. The van der Waals surface area contributed by atoms with Gasteiger partial charge in [0, 0.05) is 31.6 Å². The lowest BCUT2D eigenvalue weighted by atomic mass is 10.2. The molecule has 0 bridgehead atoms. The van der Waals surface area contributed by atoms with Crippen molar-refractivity contribution in [3.63, 3.8) is 0 Å². The highest BCUT2D eigenvalue weighted by atomic mass is 19.1. The Hall–Kier alpha value is -2.37. The van der Waals surface area contributed by atoms with Gasteiger partial charge in [0.1, 0.15) is 12.1 Å². The largest absolute Gasteiger partial charge is 0.444 e. The van der Waals surface area contributed by atoms with Crippen molar-refractivity contribution in [2.24, 2.45) is 4.99 Å². The summed E-state index contributed by atoms with van der Waals surface area (Å²) >= 11 is 0. The van der Waals surface area contributed by atoms with Crippen LogP contribution in [0, 0.1) is 5.82 Å². The van der Waals surface area contributed by atoms with E-state index in [9.17, 15) is 4.39 Å². The molecule has 2 N–H and O–H groups in total. The van der Waals surface area contributed by atoms with E-state index in [1.54, 1.807) is 18.4 Å². The number of halogens is 1. The summed E-state index contributed by atoms with van der Waals surface area (Å²) in [5.41, 5.74) is 1.62. The minimum Gasteiger partial charge on any atom is -0.444 e. The maximum Gasteiger partial charge on any atom is 0.226 e. The van der Waals surface area contributed by atoms with Crippen LogP contribution in [0.3, 0.4) is 0 Å². The molecule has 1 aromatic carbocycles. The molecule has 1 aromatic heterocycles. The number of nitrogens with zero attached hydrogens (tertiary/aromatic N) is 2. The van der Waals surface area contributed by atoms with Gasteiger partial charge in [-0.1, -0.05) is 13.3 Å². The maximum atomic E-state index is 12.9. The van der Waals surface area contributed by atoms with Crippen LogP contribution in [0.25, 0.3) is 11.5 Å². The van der Waals surface area contributed by atoms with Crippen LogP contribution in [0.1, 0.15) is 32.4 Å². The van der Waals surface area contributed by atoms with Crippen LogP contribution in [-0.2, 0) is 6.42 Å². The van der Waals surface area contributed by atoms with Gasteiger partial charge in [-0.2, -0.15) is 0 Å². The van der Waals surface area contributed by atoms with Crippen molar-refractivity contribution in [1.29, 1.82) is 0 Å². The standard InChI is InChI=1S/C18H25FN4O/c1-3-5-11-21-18(20-4-2)22-12-10-16-13-24-17(23-16)14-6-8-15(19)9-7-14/h6-9,13H,3-5,10-12H2,1-2H3,(H2,20,21,22). The van der Waals surface area contributed by atoms with Crippen LogP contribution in [-0.4, -0.2) is 30.6 Å². The van der Waals surface area contributed by atoms with Crippen LogP contribution in [0.2, 0.25) is 0 Å². The van der Waals surface area contributed by atoms with Gasteiger partial charge >= 0.3 is 0 Å². The Labute approximate surface area is 142 Å². The molecule has 0 unspecified atom stereocenters. The summed E-state index contributed by atoms with van der Waals surface area (Å²) in [5, 5.41) is 6.52. The highest BCUT2D eigenvalue weighted by molar-refractivity contribution is 5.79. The molecule has 130 valence electrons. The van der Waals surface area contributed by atoms with E-state index in [0.717, 1.165) is 49.6 Å². The number of oxazole rings is 1. The van der Waals surface area contributed by atoms with Gasteiger partial charge in [0.25, 0.3) is 0 Å². The van der Waals surface area contributed by atoms with Crippen LogP contribution >= 0.6 is 0 Å². The molecular weight excluding hydrogens is 307 g/mol. The van der Waals surface area contributed by atoms with Crippen LogP contribution in [0.4, 0.5) is 4.39 Å². The third kappa shape index (κ3) is 5.68. The molecule has 1 heterocycles. The highest BCUT2D eigenvalue weighted by Crippen LogP contribution is 2.18. The Balaban J connectivity index is 1.85. The van der Waals surface area contributed by atoms with E-state index < -0.39 is 0 Å². The molecule has 6 heteroatoms. The second kappa shape index (κ2) is 9.70. The number of benzene rings is 1. The van der Waals surface area contributed by atoms with E-state index in [1.807, 2.05) is 6.92 Å². The Morgan fingerprint density at radius 3 is 2.71 bits per heavy atom. The van der Waals surface area contributed by atoms with E-state index in [2.05, 4.69) is 27.5 Å². The first-order valence-corrected chi connectivity index (χ1v) is 8.45. The SMILES string of the molecule is CCCCN=C(NCC)NCCc1coc(-c2ccc(F)cc2)n1. The molecule has 5 nitrogen and oxygen atoms in total. The van der Waals surface area contributed by atoms with Gasteiger partial charge in [-0.3, -0.25) is 4.99 Å². The molecule has 0 saturated heterocycles. The second-order valence-corrected chi connectivity index (χ2v) is 5.44. The Bertz CT molecular complexity index is 637. The molecule has 2 rings (SSSR count). The van der Waals surface area contributed by atoms with Gasteiger partial charge < -0.3 is 15.1 Å². The van der Waals surface area contributed by atoms with Crippen LogP contribution in [0.5, 0.6) is 0 Å². The van der Waals surface area contributed by atoms with Gasteiger partial charge in [-0.25, -0.2) is 9.37 Å². The molecule has 0 spiro atoms. The molecule has 2 aromatic rings. The number of rotatable bonds is 8. The molecule has 0 aliphatic carbocycles. The lowest BCUT2D eigenvalue weighted by Crippen LogP contribution is -2.38. The molecule has 0 aliphatic heterocycles. The van der Waals surface area contributed by atoms with Crippen molar-refractivity contribution in [3.8, 4) is 11.5 Å². The van der Waals surface area contributed by atoms with Crippen molar-refractivity contribution in [1.82, 2.24) is 15.6 Å². The first-order valence-electron chi connectivity index (χ1n) is 8.45. The topological polar surface area (TPSA) is 62.5 Å². The fourth-order valence-corrected chi connectivity index (χ4v) is 2.15. The highest BCUT2D eigenvalue weighted by Gasteiger charge is 2.07. The lowest BCUT2D eigenvalue weighted by molar-refractivity contribution is 0.571. The summed E-state index contributed by atoms with van der Waals surface area (Å²) in [5.74, 6) is 1.06. The van der Waals surface area contributed by atoms with Crippen molar-refractivity contribution in [2.45, 2.75) is 33.1 Å². The summed E-state index contributed by atoms with van der Waals surface area (Å²) in [6, 6.07) is 6.12. The first kappa shape index (κ1) is 18.0. The summed E-state index contributed by atoms with van der Waals surface area (Å²) in [7, 11) is 0. The first-order chi connectivity index (χ1) is 11.7. The normalized spacial score (nSPS) is 11.5. The average molecular weight is 332 g/mol. The smallest absolute Gasteiger partial charge is 0.226 e. The fourth-order valence-electron chi connectivity index (χ4n) is 2.15. The van der Waals surface area contributed by atoms with Crippen molar-refractivity contribution >= 4 is 5.96 Å². The molecule has 24 heavy (non-hydrogen) atoms. The number of aliphatic imine (C=N–C) groups is 1. The molecule has 0 amide bonds. The number of hydrogen-bond donors (Lipinski definition) is 2. The van der Waals surface area contributed by atoms with Gasteiger partial charge in [-0.15, -0.1) is 0 Å². The Morgan fingerprint density at radius 1 is 1.21 bits per heavy atom. The van der Waals surface area contributed by atoms with Crippen molar-refractivity contribution in [3.05, 3.63) is 42.0 Å². The Kier molecular flexibility index (Phi) is 7.26. The maximum absolute atomic E-state index is 12.9. The van der Waals surface area contributed by atoms with Crippen molar-refractivity contribution in [2.75, 3.05) is 19.6 Å². The quantitative estimate of drug-likeness (QED) is 0.442. The predicted octanol–water partition coefficient (Wildman–Crippen LogP) is 3.38. The van der Waals surface area contributed by atoms with Gasteiger partial charge in [0.15, 0.2) is 5.96 Å². The summed E-state index contributed by atoms with van der Waals surface area (Å²) in [4.78, 5) is 8.95. The molecule has 0 radical (unpaired) electrons. The fraction of sp³-hybridized carbons (Fsp3) is 0.444. The molecule has 0 atom stereocenters. The summed E-state index contributed by atoms with van der Waals surface area (Å²) in [6.45, 7) is 6.57.